The van der Waals surface area contributed by atoms with E-state index in [0.717, 1.165) is 68.9 Å². The molecule has 37 heavy (non-hydrogen) atoms. The van der Waals surface area contributed by atoms with Crippen LogP contribution in [0.5, 0.6) is 0 Å². The summed E-state index contributed by atoms with van der Waals surface area (Å²) in [5.41, 5.74) is 9.30. The fraction of sp³-hybridized carbons (Fsp3) is 0.172. The molecule has 1 aromatic carbocycles. The second-order valence-electron chi connectivity index (χ2n) is 9.49. The minimum Gasteiger partial charge on any atom is -0.357 e. The molecule has 5 aromatic rings. The molecule has 0 atom stereocenters. The Morgan fingerprint density at radius 1 is 1.16 bits per heavy atom. The number of nitrogens with one attached hydrogen (secondary N) is 3. The molecule has 0 spiro atoms. The van der Waals surface area contributed by atoms with E-state index >= 15 is 0 Å². The van der Waals surface area contributed by atoms with Crippen molar-refractivity contribution in [3.63, 3.8) is 0 Å². The molecule has 3 N–H and O–H groups in total. The molecule has 1 saturated carbocycles. The smallest absolute Gasteiger partial charge is 0.227 e. The van der Waals surface area contributed by atoms with Gasteiger partial charge >= 0.3 is 0 Å². The molecule has 6 rings (SSSR count). The van der Waals surface area contributed by atoms with Gasteiger partial charge in [0.05, 0.1) is 40.8 Å². The highest BCUT2D eigenvalue weighted by Crippen LogP contribution is 2.34. The number of nitrogens with zero attached hydrogens (tertiary/aromatic N) is 4. The number of aromatic amines is 2. The van der Waals surface area contributed by atoms with Crippen molar-refractivity contribution in [2.45, 2.75) is 26.7 Å². The van der Waals surface area contributed by atoms with Crippen molar-refractivity contribution in [1.29, 1.82) is 0 Å². The third-order valence-electron chi connectivity index (χ3n) is 6.66. The fourth-order valence-corrected chi connectivity index (χ4v) is 4.59. The largest absolute Gasteiger partial charge is 0.357 e. The van der Waals surface area contributed by atoms with Crippen molar-refractivity contribution in [3.05, 3.63) is 90.9 Å². The van der Waals surface area contributed by atoms with E-state index in [2.05, 4.69) is 49.2 Å². The first kappa shape index (κ1) is 22.7. The minimum atomic E-state index is 0.0696. The Balaban J connectivity index is 1.37. The maximum atomic E-state index is 12.2. The van der Waals surface area contributed by atoms with Crippen molar-refractivity contribution in [2.24, 2.45) is 5.92 Å². The number of hydrogen-bond donors (Lipinski definition) is 3. The van der Waals surface area contributed by atoms with Gasteiger partial charge in [-0.05, 0) is 62.6 Å². The van der Waals surface area contributed by atoms with Crippen molar-refractivity contribution in [1.82, 2.24) is 29.7 Å². The number of rotatable bonds is 7. The van der Waals surface area contributed by atoms with Crippen LogP contribution in [-0.4, -0.2) is 35.6 Å². The van der Waals surface area contributed by atoms with Gasteiger partial charge in [-0.2, -0.15) is 5.10 Å². The van der Waals surface area contributed by atoms with Gasteiger partial charge in [0.2, 0.25) is 5.91 Å². The highest BCUT2D eigenvalue weighted by atomic mass is 16.2. The van der Waals surface area contributed by atoms with Crippen molar-refractivity contribution >= 4 is 28.2 Å². The molecule has 4 aromatic heterocycles. The summed E-state index contributed by atoms with van der Waals surface area (Å²) >= 11 is 0. The first-order valence-corrected chi connectivity index (χ1v) is 12.3. The molecule has 0 unspecified atom stereocenters. The van der Waals surface area contributed by atoms with Crippen LogP contribution in [0.1, 0.15) is 29.8 Å². The van der Waals surface area contributed by atoms with Crippen LogP contribution in [0.25, 0.3) is 39.1 Å². The average molecular weight is 490 g/mol. The lowest BCUT2D eigenvalue weighted by molar-refractivity contribution is -0.117. The number of H-pyrrole nitrogens is 2. The van der Waals surface area contributed by atoms with Crippen molar-refractivity contribution in [3.8, 4) is 22.5 Å². The number of aromatic nitrogens is 6. The molecule has 0 radical (unpaired) electrons. The molecule has 4 heterocycles. The highest BCUT2D eigenvalue weighted by Gasteiger charge is 2.29. The van der Waals surface area contributed by atoms with E-state index in [4.69, 9.17) is 0 Å². The number of anilines is 1. The van der Waals surface area contributed by atoms with Gasteiger partial charge in [-0.25, -0.2) is 4.98 Å². The Hall–Kier alpha value is -4.72. The number of allylic oxidation sites excluding steroid dienone is 2. The zero-order chi connectivity index (χ0) is 25.5. The topological polar surface area (TPSA) is 104 Å². The minimum absolute atomic E-state index is 0.0696. The van der Waals surface area contributed by atoms with Crippen LogP contribution in [0.4, 0.5) is 5.69 Å². The predicted molar refractivity (Wildman–Crippen MR) is 146 cm³/mol. The Labute approximate surface area is 214 Å². The van der Waals surface area contributed by atoms with Crippen LogP contribution in [0.3, 0.4) is 0 Å². The second-order valence-corrected chi connectivity index (χ2v) is 9.49. The third-order valence-corrected chi connectivity index (χ3v) is 6.66. The molecule has 1 aliphatic rings. The van der Waals surface area contributed by atoms with Gasteiger partial charge in [0.15, 0.2) is 0 Å². The molecule has 1 aliphatic carbocycles. The van der Waals surface area contributed by atoms with Crippen LogP contribution in [-0.2, 0) is 4.79 Å². The first-order chi connectivity index (χ1) is 18.0. The van der Waals surface area contributed by atoms with E-state index in [1.54, 1.807) is 12.3 Å². The molecule has 8 nitrogen and oxygen atoms in total. The summed E-state index contributed by atoms with van der Waals surface area (Å²) in [6.07, 6.45) is 13.0. The van der Waals surface area contributed by atoms with Crippen LogP contribution in [0, 0.1) is 19.8 Å². The molecule has 0 bridgehead atoms. The molecule has 8 heteroatoms. The standard InChI is InChI=1S/C29H27N7O/c1-4-5-27(36-15-17(2)31-16-36)23-12-26(32-18(23)3)28-24-11-20(8-9-25(24)34-35-28)21-10-22(14-30-13-21)33-29(37)19-6-7-19/h4-5,8-16,19,32H,1,6-7H2,2-3H3,(H,33,37)(H,34,35)/b27-5+. The summed E-state index contributed by atoms with van der Waals surface area (Å²) in [6.45, 7) is 7.91. The van der Waals surface area contributed by atoms with Crippen molar-refractivity contribution < 1.29 is 4.79 Å². The lowest BCUT2D eigenvalue weighted by Crippen LogP contribution is -2.13. The molecule has 0 saturated heterocycles. The summed E-state index contributed by atoms with van der Waals surface area (Å²) in [5, 5.41) is 11.8. The van der Waals surface area contributed by atoms with Gasteiger partial charge in [-0.1, -0.05) is 18.7 Å². The Kier molecular flexibility index (Phi) is 5.56. The number of aryl methyl sites for hydroxylation is 2. The van der Waals surface area contributed by atoms with Crippen LogP contribution < -0.4 is 5.32 Å². The number of pyridine rings is 1. The molecule has 1 amide bonds. The zero-order valence-corrected chi connectivity index (χ0v) is 20.7. The summed E-state index contributed by atoms with van der Waals surface area (Å²) in [7, 11) is 0. The average Bonchev–Trinajstić information content (AvgIpc) is 3.36. The summed E-state index contributed by atoms with van der Waals surface area (Å²) in [4.78, 5) is 24.4. The lowest BCUT2D eigenvalue weighted by Gasteiger charge is -2.07. The van der Waals surface area contributed by atoms with Crippen molar-refractivity contribution in [2.75, 3.05) is 5.32 Å². The first-order valence-electron chi connectivity index (χ1n) is 12.3. The number of carbonyl (C=O) groups is 1. The Morgan fingerprint density at radius 2 is 2.03 bits per heavy atom. The second kappa shape index (κ2) is 9.05. The quantitative estimate of drug-likeness (QED) is 0.249. The molecule has 0 aliphatic heterocycles. The van der Waals surface area contributed by atoms with E-state index in [1.807, 2.05) is 61.4 Å². The van der Waals surface area contributed by atoms with Crippen LogP contribution in [0.15, 0.2) is 74.0 Å². The summed E-state index contributed by atoms with van der Waals surface area (Å²) < 4.78 is 2.00. The summed E-state index contributed by atoms with van der Waals surface area (Å²) in [5.74, 6) is 0.211. The van der Waals surface area contributed by atoms with Gasteiger partial charge in [-0.15, -0.1) is 0 Å². The predicted octanol–water partition coefficient (Wildman–Crippen LogP) is 5.86. The van der Waals surface area contributed by atoms with E-state index in [0.29, 0.717) is 5.69 Å². The van der Waals surface area contributed by atoms with E-state index in [-0.39, 0.29) is 11.8 Å². The Bertz CT molecular complexity index is 1680. The van der Waals surface area contributed by atoms with E-state index in [1.165, 1.54) is 0 Å². The summed E-state index contributed by atoms with van der Waals surface area (Å²) in [6, 6.07) is 10.2. The SMILES string of the molecule is C=C/C=C(\c1cc(-c2n[nH]c3ccc(-c4cncc(NC(=O)C5CC5)c4)cc23)[nH]c1C)n1cnc(C)c1. The number of carbonyl (C=O) groups excluding carboxylic acids is 1. The Morgan fingerprint density at radius 3 is 2.78 bits per heavy atom. The monoisotopic (exact) mass is 489 g/mol. The van der Waals surface area contributed by atoms with Crippen LogP contribution in [0.2, 0.25) is 0 Å². The molecular formula is C29H27N7O. The third kappa shape index (κ3) is 4.38. The van der Waals surface area contributed by atoms with Gasteiger partial charge in [-0.3, -0.25) is 14.9 Å². The lowest BCUT2D eigenvalue weighted by atomic mass is 10.0. The normalized spacial score (nSPS) is 13.7. The number of imidazole rings is 1. The maximum Gasteiger partial charge on any atom is 0.227 e. The van der Waals surface area contributed by atoms with E-state index in [9.17, 15) is 4.79 Å². The van der Waals surface area contributed by atoms with Gasteiger partial charge in [0, 0.05) is 40.5 Å². The number of fused-ring (bicyclic) bond motifs is 1. The number of benzene rings is 1. The molecule has 1 fully saturated rings. The molecule has 184 valence electrons. The number of hydrogen-bond acceptors (Lipinski definition) is 4. The highest BCUT2D eigenvalue weighted by molar-refractivity contribution is 5.97. The van der Waals surface area contributed by atoms with Crippen LogP contribution >= 0.6 is 0 Å². The molecular weight excluding hydrogens is 462 g/mol. The van der Waals surface area contributed by atoms with Gasteiger partial charge in [0.1, 0.15) is 5.69 Å². The van der Waals surface area contributed by atoms with Gasteiger partial charge < -0.3 is 14.9 Å². The maximum absolute atomic E-state index is 12.2. The number of amides is 1. The van der Waals surface area contributed by atoms with E-state index < -0.39 is 0 Å². The zero-order valence-electron chi connectivity index (χ0n) is 20.7. The van der Waals surface area contributed by atoms with Gasteiger partial charge in [0.25, 0.3) is 0 Å². The fourth-order valence-electron chi connectivity index (χ4n) is 4.59.